The molecule has 2 aromatic rings. The summed E-state index contributed by atoms with van der Waals surface area (Å²) in [6.07, 6.45) is 2.11. The van der Waals surface area contributed by atoms with E-state index in [0.717, 1.165) is 80.9 Å². The summed E-state index contributed by atoms with van der Waals surface area (Å²) in [5, 5.41) is 10.7. The highest BCUT2D eigenvalue weighted by Crippen LogP contribution is 2.30. The molecule has 3 heterocycles. The predicted octanol–water partition coefficient (Wildman–Crippen LogP) is 2.38. The molecule has 1 aromatic carbocycles. The minimum Gasteiger partial charge on any atom is -0.508 e. The van der Waals surface area contributed by atoms with Crippen LogP contribution in [0.1, 0.15) is 28.9 Å². The van der Waals surface area contributed by atoms with Gasteiger partial charge in [-0.2, -0.15) is 0 Å². The summed E-state index contributed by atoms with van der Waals surface area (Å²) < 4.78 is 7.46. The second kappa shape index (κ2) is 7.52. The molecule has 4 rings (SSSR count). The molecule has 0 bridgehead atoms. The lowest BCUT2D eigenvalue weighted by molar-refractivity contribution is 0.0243. The monoisotopic (exact) mass is 371 g/mol. The van der Waals surface area contributed by atoms with Gasteiger partial charge < -0.3 is 19.3 Å². The first-order valence-electron chi connectivity index (χ1n) is 9.92. The van der Waals surface area contributed by atoms with Crippen molar-refractivity contribution < 1.29 is 14.6 Å². The Kier molecular flexibility index (Phi) is 5.10. The van der Waals surface area contributed by atoms with E-state index in [0.29, 0.717) is 5.92 Å². The summed E-state index contributed by atoms with van der Waals surface area (Å²) in [5.74, 6) is 0.949. The number of phenols is 1. The Labute approximate surface area is 160 Å². The fraction of sp³-hybridized carbons (Fsp3) is 0.571. The molecule has 1 N–H and O–H groups in total. The van der Waals surface area contributed by atoms with E-state index >= 15 is 0 Å². The fourth-order valence-electron chi connectivity index (χ4n) is 4.46. The van der Waals surface area contributed by atoms with Gasteiger partial charge in [0.25, 0.3) is 5.91 Å². The Morgan fingerprint density at radius 1 is 1.19 bits per heavy atom. The van der Waals surface area contributed by atoms with Crippen molar-refractivity contribution in [2.45, 2.75) is 19.8 Å². The molecular weight excluding hydrogens is 342 g/mol. The number of rotatable bonds is 3. The quantitative estimate of drug-likeness (QED) is 0.900. The molecule has 0 radical (unpaired) electrons. The predicted molar refractivity (Wildman–Crippen MR) is 105 cm³/mol. The summed E-state index contributed by atoms with van der Waals surface area (Å²) in [7, 11) is 1.97. The highest BCUT2D eigenvalue weighted by molar-refractivity contribution is 6.08. The largest absolute Gasteiger partial charge is 0.508 e. The van der Waals surface area contributed by atoms with Crippen LogP contribution in [-0.2, 0) is 11.8 Å². The molecule has 0 unspecified atom stereocenters. The summed E-state index contributed by atoms with van der Waals surface area (Å²) in [4.78, 5) is 17.7. The molecule has 2 saturated heterocycles. The van der Waals surface area contributed by atoms with Crippen molar-refractivity contribution in [3.05, 3.63) is 29.5 Å². The fourth-order valence-corrected chi connectivity index (χ4v) is 4.46. The van der Waals surface area contributed by atoms with Gasteiger partial charge in [-0.25, -0.2) is 0 Å². The molecule has 27 heavy (non-hydrogen) atoms. The maximum Gasteiger partial charge on any atom is 0.256 e. The zero-order chi connectivity index (χ0) is 19.0. The van der Waals surface area contributed by atoms with Crippen LogP contribution in [0, 0.1) is 12.8 Å². The number of carbonyl (C=O) groups excluding carboxylic acids is 1. The number of likely N-dealkylation sites (tertiary alicyclic amines) is 1. The van der Waals surface area contributed by atoms with Crippen molar-refractivity contribution >= 4 is 16.8 Å². The van der Waals surface area contributed by atoms with Crippen LogP contribution < -0.4 is 0 Å². The molecule has 1 amide bonds. The van der Waals surface area contributed by atoms with Crippen molar-refractivity contribution in [3.8, 4) is 5.75 Å². The first-order chi connectivity index (χ1) is 13.0. The van der Waals surface area contributed by atoms with E-state index in [-0.39, 0.29) is 11.7 Å². The zero-order valence-electron chi connectivity index (χ0n) is 16.3. The number of nitrogens with zero attached hydrogens (tertiary/aromatic N) is 3. The summed E-state index contributed by atoms with van der Waals surface area (Å²) in [6, 6.07) is 5.26. The van der Waals surface area contributed by atoms with E-state index in [9.17, 15) is 9.90 Å². The van der Waals surface area contributed by atoms with Gasteiger partial charge in [0.1, 0.15) is 5.75 Å². The average Bonchev–Trinajstić information content (AvgIpc) is 2.92. The molecule has 2 fully saturated rings. The molecular formula is C21H29N3O3. The highest BCUT2D eigenvalue weighted by atomic mass is 16.5. The summed E-state index contributed by atoms with van der Waals surface area (Å²) in [6.45, 7) is 8.44. The van der Waals surface area contributed by atoms with Crippen LogP contribution in [-0.4, -0.2) is 71.3 Å². The van der Waals surface area contributed by atoms with Gasteiger partial charge in [0.05, 0.1) is 18.8 Å². The molecule has 1 aromatic heterocycles. The van der Waals surface area contributed by atoms with E-state index in [1.165, 1.54) is 0 Å². The number of carbonyl (C=O) groups is 1. The molecule has 0 atom stereocenters. The summed E-state index contributed by atoms with van der Waals surface area (Å²) >= 11 is 0. The molecule has 2 aliphatic heterocycles. The Bertz CT molecular complexity index is 831. The lowest BCUT2D eigenvalue weighted by Crippen LogP contribution is -2.44. The van der Waals surface area contributed by atoms with Crippen LogP contribution in [0.3, 0.4) is 0 Å². The van der Waals surface area contributed by atoms with Gasteiger partial charge in [0, 0.05) is 56.4 Å². The number of benzene rings is 1. The average molecular weight is 371 g/mol. The third-order valence-electron chi connectivity index (χ3n) is 6.21. The molecule has 0 aliphatic carbocycles. The van der Waals surface area contributed by atoms with Crippen molar-refractivity contribution in [1.29, 1.82) is 0 Å². The smallest absolute Gasteiger partial charge is 0.256 e. The topological polar surface area (TPSA) is 57.9 Å². The number of aryl methyl sites for hydroxylation is 1. The van der Waals surface area contributed by atoms with E-state index in [1.54, 1.807) is 12.1 Å². The van der Waals surface area contributed by atoms with Crippen LogP contribution in [0.5, 0.6) is 5.75 Å². The number of fused-ring (bicyclic) bond motifs is 1. The van der Waals surface area contributed by atoms with Crippen LogP contribution in [0.2, 0.25) is 0 Å². The van der Waals surface area contributed by atoms with Crippen LogP contribution >= 0.6 is 0 Å². The van der Waals surface area contributed by atoms with E-state index in [2.05, 4.69) is 4.90 Å². The molecule has 0 spiro atoms. The highest BCUT2D eigenvalue weighted by Gasteiger charge is 2.28. The molecule has 6 heteroatoms. The molecule has 0 saturated carbocycles. The number of morpholine rings is 1. The van der Waals surface area contributed by atoms with Crippen molar-refractivity contribution in [3.63, 3.8) is 0 Å². The van der Waals surface area contributed by atoms with Gasteiger partial charge in [-0.3, -0.25) is 9.69 Å². The van der Waals surface area contributed by atoms with Crippen molar-refractivity contribution in [2.75, 3.05) is 45.9 Å². The van der Waals surface area contributed by atoms with E-state index < -0.39 is 0 Å². The number of ether oxygens (including phenoxy) is 1. The lowest BCUT2D eigenvalue weighted by Gasteiger charge is -2.36. The van der Waals surface area contributed by atoms with Gasteiger partial charge >= 0.3 is 0 Å². The van der Waals surface area contributed by atoms with Gasteiger partial charge in [-0.1, -0.05) is 0 Å². The minimum atomic E-state index is 0.0912. The number of phenolic OH excluding ortho intramolecular Hbond substituents is 1. The summed E-state index contributed by atoms with van der Waals surface area (Å²) in [5.41, 5.74) is 2.67. The van der Waals surface area contributed by atoms with E-state index in [4.69, 9.17) is 4.74 Å². The van der Waals surface area contributed by atoms with Crippen LogP contribution in [0.15, 0.2) is 18.2 Å². The van der Waals surface area contributed by atoms with Gasteiger partial charge in [0.2, 0.25) is 0 Å². The number of amides is 1. The standard InChI is InChI=1S/C21H29N3O3/c1-15-20(18-13-17(25)3-4-19(18)22(15)2)21(26)24-7-5-16(6-8-24)14-23-9-11-27-12-10-23/h3-4,13,16,25H,5-12,14H2,1-2H3. The normalized spacial score (nSPS) is 19.7. The Morgan fingerprint density at radius 3 is 2.59 bits per heavy atom. The second-order valence-corrected chi connectivity index (χ2v) is 7.87. The number of piperidine rings is 1. The van der Waals surface area contributed by atoms with Crippen molar-refractivity contribution in [1.82, 2.24) is 14.4 Å². The number of aromatic nitrogens is 1. The van der Waals surface area contributed by atoms with Crippen molar-refractivity contribution in [2.24, 2.45) is 13.0 Å². The minimum absolute atomic E-state index is 0.0912. The molecule has 2 aliphatic rings. The Morgan fingerprint density at radius 2 is 1.89 bits per heavy atom. The second-order valence-electron chi connectivity index (χ2n) is 7.87. The first-order valence-corrected chi connectivity index (χ1v) is 9.92. The SMILES string of the molecule is Cc1c(C(=O)N2CCC(CN3CCOCC3)CC2)c2cc(O)ccc2n1C. The third-order valence-corrected chi connectivity index (χ3v) is 6.21. The molecule has 6 nitrogen and oxygen atoms in total. The van der Waals surface area contributed by atoms with Gasteiger partial charge in [-0.15, -0.1) is 0 Å². The maximum atomic E-state index is 13.3. The van der Waals surface area contributed by atoms with Gasteiger partial charge in [0.15, 0.2) is 0 Å². The maximum absolute atomic E-state index is 13.3. The number of hydrogen-bond donors (Lipinski definition) is 1. The first kappa shape index (κ1) is 18.3. The molecule has 146 valence electrons. The number of aromatic hydroxyl groups is 1. The number of hydrogen-bond acceptors (Lipinski definition) is 4. The lowest BCUT2D eigenvalue weighted by atomic mass is 9.95. The van der Waals surface area contributed by atoms with Gasteiger partial charge in [-0.05, 0) is 43.9 Å². The zero-order valence-corrected chi connectivity index (χ0v) is 16.3. The third kappa shape index (κ3) is 3.56. The Balaban J connectivity index is 1.46. The van der Waals surface area contributed by atoms with E-state index in [1.807, 2.05) is 29.5 Å². The van der Waals surface area contributed by atoms with Crippen LogP contribution in [0.25, 0.3) is 10.9 Å². The Hall–Kier alpha value is -2.05. The van der Waals surface area contributed by atoms with Crippen LogP contribution in [0.4, 0.5) is 0 Å².